The average Bonchev–Trinajstić information content (AvgIpc) is 2.28. The second-order valence-corrected chi connectivity index (χ2v) is 5.09. The molecule has 5 nitrogen and oxygen atoms in total. The van der Waals surface area contributed by atoms with Crippen LogP contribution >= 0.6 is 0 Å². The van der Waals surface area contributed by atoms with Crippen LogP contribution in [0.5, 0.6) is 0 Å². The van der Waals surface area contributed by atoms with Crippen molar-refractivity contribution in [1.29, 1.82) is 0 Å². The van der Waals surface area contributed by atoms with E-state index in [-0.39, 0.29) is 5.41 Å². The van der Waals surface area contributed by atoms with Crippen LogP contribution in [0.25, 0.3) is 0 Å². The van der Waals surface area contributed by atoms with Gasteiger partial charge in [0.1, 0.15) is 11.9 Å². The Kier molecular flexibility index (Phi) is 3.00. The molecule has 5 heteroatoms. The molecule has 1 atom stereocenters. The lowest BCUT2D eigenvalue weighted by Gasteiger charge is -2.44. The number of aliphatic carboxylic acids is 1. The molecule has 0 amide bonds. The fourth-order valence-electron chi connectivity index (χ4n) is 2.55. The van der Waals surface area contributed by atoms with Crippen molar-refractivity contribution in [3.8, 4) is 0 Å². The second-order valence-electron chi connectivity index (χ2n) is 5.09. The summed E-state index contributed by atoms with van der Waals surface area (Å²) in [6, 6.07) is -0.534. The summed E-state index contributed by atoms with van der Waals surface area (Å²) >= 11 is 0. The summed E-state index contributed by atoms with van der Waals surface area (Å²) < 4.78 is 0. The summed E-state index contributed by atoms with van der Waals surface area (Å²) in [5.74, 6) is -0.145. The molecular formula is C12H17N3O2. The van der Waals surface area contributed by atoms with E-state index in [1.54, 1.807) is 18.6 Å². The maximum Gasteiger partial charge on any atom is 0.326 e. The zero-order chi connectivity index (χ0) is 12.5. The summed E-state index contributed by atoms with van der Waals surface area (Å²) in [6.45, 7) is 4.71. The molecule has 0 bridgehead atoms. The molecule has 0 aromatic carbocycles. The van der Waals surface area contributed by atoms with Crippen LogP contribution in [-0.4, -0.2) is 33.6 Å². The summed E-state index contributed by atoms with van der Waals surface area (Å²) in [5, 5.41) is 9.42. The molecule has 0 spiro atoms. The van der Waals surface area contributed by atoms with Crippen LogP contribution in [0.1, 0.15) is 26.7 Å². The highest BCUT2D eigenvalue weighted by Gasteiger charge is 2.43. The maximum atomic E-state index is 11.5. The van der Waals surface area contributed by atoms with Crippen molar-refractivity contribution in [2.45, 2.75) is 32.7 Å². The van der Waals surface area contributed by atoms with Gasteiger partial charge in [-0.2, -0.15) is 0 Å². The molecular weight excluding hydrogens is 218 g/mol. The Balaban J connectivity index is 2.35. The average molecular weight is 235 g/mol. The van der Waals surface area contributed by atoms with Gasteiger partial charge in [0.25, 0.3) is 0 Å². The van der Waals surface area contributed by atoms with E-state index >= 15 is 0 Å². The van der Waals surface area contributed by atoms with Crippen molar-refractivity contribution >= 4 is 11.8 Å². The molecule has 2 heterocycles. The number of rotatable bonds is 2. The van der Waals surface area contributed by atoms with Gasteiger partial charge in [-0.3, -0.25) is 4.98 Å². The van der Waals surface area contributed by atoms with Crippen molar-refractivity contribution in [3.63, 3.8) is 0 Å². The van der Waals surface area contributed by atoms with Gasteiger partial charge in [-0.25, -0.2) is 9.78 Å². The molecule has 1 aromatic rings. The van der Waals surface area contributed by atoms with Gasteiger partial charge in [0.05, 0.1) is 6.20 Å². The Morgan fingerprint density at radius 2 is 2.29 bits per heavy atom. The molecule has 1 unspecified atom stereocenters. The molecule has 2 rings (SSSR count). The largest absolute Gasteiger partial charge is 0.480 e. The Labute approximate surface area is 100 Å². The monoisotopic (exact) mass is 235 g/mol. The van der Waals surface area contributed by atoms with Crippen LogP contribution in [0.15, 0.2) is 18.6 Å². The van der Waals surface area contributed by atoms with Crippen molar-refractivity contribution in [3.05, 3.63) is 18.6 Å². The quantitative estimate of drug-likeness (QED) is 0.842. The maximum absolute atomic E-state index is 11.5. The molecule has 92 valence electrons. The number of anilines is 1. The van der Waals surface area contributed by atoms with Gasteiger partial charge in [0.15, 0.2) is 0 Å². The SMILES string of the molecule is CC1(C)CCCN(c2cnccn2)C1C(=O)O. The third-order valence-corrected chi connectivity index (χ3v) is 3.35. The normalized spacial score (nSPS) is 23.4. The van der Waals surface area contributed by atoms with E-state index in [9.17, 15) is 9.90 Å². The predicted octanol–water partition coefficient (Wildman–Crippen LogP) is 1.56. The number of carboxylic acids is 1. The van der Waals surface area contributed by atoms with Crippen molar-refractivity contribution in [2.75, 3.05) is 11.4 Å². The number of piperidine rings is 1. The second kappa shape index (κ2) is 4.31. The molecule has 1 N–H and O–H groups in total. The van der Waals surface area contributed by atoms with Gasteiger partial charge in [0.2, 0.25) is 0 Å². The van der Waals surface area contributed by atoms with E-state index in [2.05, 4.69) is 9.97 Å². The van der Waals surface area contributed by atoms with E-state index < -0.39 is 12.0 Å². The minimum absolute atomic E-state index is 0.248. The van der Waals surface area contributed by atoms with E-state index in [1.165, 1.54) is 0 Å². The summed E-state index contributed by atoms with van der Waals surface area (Å²) in [5.41, 5.74) is -0.248. The first-order chi connectivity index (χ1) is 8.02. The zero-order valence-corrected chi connectivity index (χ0v) is 10.1. The number of aromatic nitrogens is 2. The van der Waals surface area contributed by atoms with Gasteiger partial charge >= 0.3 is 5.97 Å². The molecule has 0 radical (unpaired) electrons. The van der Waals surface area contributed by atoms with Gasteiger partial charge in [0, 0.05) is 18.9 Å². The van der Waals surface area contributed by atoms with E-state index in [4.69, 9.17) is 0 Å². The fourth-order valence-corrected chi connectivity index (χ4v) is 2.55. The molecule has 1 aliphatic rings. The fraction of sp³-hybridized carbons (Fsp3) is 0.583. The summed E-state index contributed by atoms with van der Waals surface area (Å²) in [4.78, 5) is 21.5. The number of carboxylic acid groups (broad SMARTS) is 1. The first-order valence-corrected chi connectivity index (χ1v) is 5.78. The highest BCUT2D eigenvalue weighted by atomic mass is 16.4. The Hall–Kier alpha value is -1.65. The highest BCUT2D eigenvalue weighted by molar-refractivity contribution is 5.79. The van der Waals surface area contributed by atoms with Crippen LogP contribution in [0.2, 0.25) is 0 Å². The number of hydrogen-bond donors (Lipinski definition) is 1. The van der Waals surface area contributed by atoms with Crippen molar-refractivity contribution in [1.82, 2.24) is 9.97 Å². The molecule has 0 saturated carbocycles. The Bertz CT molecular complexity index is 405. The minimum atomic E-state index is -0.791. The minimum Gasteiger partial charge on any atom is -0.480 e. The molecule has 1 saturated heterocycles. The van der Waals surface area contributed by atoms with Gasteiger partial charge in [-0.1, -0.05) is 13.8 Å². The van der Waals surface area contributed by atoms with E-state index in [0.29, 0.717) is 5.82 Å². The van der Waals surface area contributed by atoms with Crippen molar-refractivity contribution in [2.24, 2.45) is 5.41 Å². The lowest BCUT2D eigenvalue weighted by atomic mass is 9.76. The lowest BCUT2D eigenvalue weighted by molar-refractivity contribution is -0.142. The lowest BCUT2D eigenvalue weighted by Crippen LogP contribution is -2.54. The number of carbonyl (C=O) groups is 1. The smallest absolute Gasteiger partial charge is 0.326 e. The zero-order valence-electron chi connectivity index (χ0n) is 10.1. The highest BCUT2D eigenvalue weighted by Crippen LogP contribution is 2.36. The van der Waals surface area contributed by atoms with Crippen LogP contribution in [0.4, 0.5) is 5.82 Å². The Morgan fingerprint density at radius 3 is 2.88 bits per heavy atom. The summed E-state index contributed by atoms with van der Waals surface area (Å²) in [7, 11) is 0. The van der Waals surface area contributed by atoms with E-state index in [1.807, 2.05) is 18.7 Å². The number of nitrogens with zero attached hydrogens (tertiary/aromatic N) is 3. The first-order valence-electron chi connectivity index (χ1n) is 5.78. The van der Waals surface area contributed by atoms with Crippen LogP contribution in [-0.2, 0) is 4.79 Å². The summed E-state index contributed by atoms with van der Waals surface area (Å²) in [6.07, 6.45) is 6.70. The van der Waals surface area contributed by atoms with Gasteiger partial charge in [-0.15, -0.1) is 0 Å². The van der Waals surface area contributed by atoms with E-state index in [0.717, 1.165) is 19.4 Å². The predicted molar refractivity (Wildman–Crippen MR) is 63.8 cm³/mol. The molecule has 1 aliphatic heterocycles. The van der Waals surface area contributed by atoms with Crippen LogP contribution < -0.4 is 4.90 Å². The molecule has 1 aromatic heterocycles. The molecule has 17 heavy (non-hydrogen) atoms. The molecule has 0 aliphatic carbocycles. The van der Waals surface area contributed by atoms with Crippen LogP contribution in [0.3, 0.4) is 0 Å². The standard InChI is InChI=1S/C12H17N3O2/c1-12(2)4-3-7-15(10(12)11(16)17)9-8-13-5-6-14-9/h5-6,8,10H,3-4,7H2,1-2H3,(H,16,17). The first kappa shape index (κ1) is 11.8. The van der Waals surface area contributed by atoms with Gasteiger partial charge < -0.3 is 10.0 Å². The molecule has 1 fully saturated rings. The van der Waals surface area contributed by atoms with Gasteiger partial charge in [-0.05, 0) is 18.3 Å². The Morgan fingerprint density at radius 1 is 1.53 bits per heavy atom. The topological polar surface area (TPSA) is 66.3 Å². The third-order valence-electron chi connectivity index (χ3n) is 3.35. The van der Waals surface area contributed by atoms with Crippen LogP contribution in [0, 0.1) is 5.41 Å². The number of hydrogen-bond acceptors (Lipinski definition) is 4. The third kappa shape index (κ3) is 2.23. The van der Waals surface area contributed by atoms with Crippen molar-refractivity contribution < 1.29 is 9.90 Å².